The molecule has 0 fully saturated rings. The van der Waals surface area contributed by atoms with Gasteiger partial charge in [0.05, 0.1) is 29.1 Å². The summed E-state index contributed by atoms with van der Waals surface area (Å²) < 4.78 is 1.77. The van der Waals surface area contributed by atoms with Gasteiger partial charge in [0.1, 0.15) is 6.33 Å². The molecule has 0 saturated heterocycles. The molecule has 0 saturated carbocycles. The second-order valence-corrected chi connectivity index (χ2v) is 5.58. The molecular weight excluding hydrogens is 355 g/mol. The van der Waals surface area contributed by atoms with Crippen LogP contribution >= 0.6 is 22.9 Å². The predicted molar refractivity (Wildman–Crippen MR) is 81.5 cm³/mol. The number of nitrogens with zero attached hydrogens (tertiary/aromatic N) is 2. The minimum absolute atomic E-state index is 0.114. The van der Waals surface area contributed by atoms with Gasteiger partial charge in [0, 0.05) is 12.1 Å². The normalized spacial score (nSPS) is 13.9. The quantitative estimate of drug-likeness (QED) is 0.798. The number of anilines is 1. The van der Waals surface area contributed by atoms with Crippen molar-refractivity contribution in [3.05, 3.63) is 47.4 Å². The molecule has 6 heteroatoms. The molecule has 2 N–H and O–H groups in total. The molecule has 0 radical (unpaired) electrons. The molecule has 19 heavy (non-hydrogen) atoms. The fourth-order valence-electron chi connectivity index (χ4n) is 2.17. The highest BCUT2D eigenvalue weighted by atomic mass is 127. The number of aromatic nitrogens is 2. The van der Waals surface area contributed by atoms with Crippen LogP contribution < -0.4 is 10.6 Å². The summed E-state index contributed by atoms with van der Waals surface area (Å²) in [4.78, 5) is 16.2. The van der Waals surface area contributed by atoms with Gasteiger partial charge in [-0.05, 0) is 36.2 Å². The fourth-order valence-corrected chi connectivity index (χ4v) is 2.56. The van der Waals surface area contributed by atoms with Gasteiger partial charge in [0.25, 0.3) is 5.91 Å². The van der Waals surface area contributed by atoms with E-state index in [0.717, 1.165) is 19.5 Å². The number of rotatable bonds is 2. The molecule has 2 aromatic rings. The lowest BCUT2D eigenvalue weighted by atomic mass is 9.98. The van der Waals surface area contributed by atoms with Crippen molar-refractivity contribution in [2.75, 3.05) is 11.9 Å². The van der Waals surface area contributed by atoms with E-state index in [2.05, 4.69) is 38.5 Å². The van der Waals surface area contributed by atoms with Gasteiger partial charge >= 0.3 is 0 Å². The van der Waals surface area contributed by atoms with Gasteiger partial charge in [0.2, 0.25) is 0 Å². The molecule has 0 bridgehead atoms. The zero-order valence-corrected chi connectivity index (χ0v) is 12.3. The van der Waals surface area contributed by atoms with Gasteiger partial charge in [-0.1, -0.05) is 6.07 Å². The molecule has 98 valence electrons. The second-order valence-electron chi connectivity index (χ2n) is 4.47. The van der Waals surface area contributed by atoms with Crippen molar-refractivity contribution >= 4 is 34.6 Å². The van der Waals surface area contributed by atoms with Crippen LogP contribution in [0.15, 0.2) is 30.7 Å². The number of fused-ring (bicyclic) bond motifs is 1. The summed E-state index contributed by atoms with van der Waals surface area (Å²) in [6.45, 7) is 1.85. The Morgan fingerprint density at radius 1 is 1.42 bits per heavy atom. The number of carbonyl (C=O) groups is 1. The minimum atomic E-state index is -0.114. The fraction of sp³-hybridized carbons (Fsp3) is 0.231. The van der Waals surface area contributed by atoms with Crippen molar-refractivity contribution in [1.82, 2.24) is 13.1 Å². The SMILES string of the molecule is O=C(Nc1cn(I)cn1)c1ccc2c(c1)CCNC2. The van der Waals surface area contributed by atoms with E-state index in [1.807, 2.05) is 18.2 Å². The average molecular weight is 368 g/mol. The monoisotopic (exact) mass is 368 g/mol. The highest BCUT2D eigenvalue weighted by Crippen LogP contribution is 2.17. The van der Waals surface area contributed by atoms with Gasteiger partial charge in [-0.15, -0.1) is 0 Å². The number of amides is 1. The minimum Gasteiger partial charge on any atom is -0.312 e. The summed E-state index contributed by atoms with van der Waals surface area (Å²) in [6, 6.07) is 5.86. The van der Waals surface area contributed by atoms with Crippen molar-refractivity contribution in [3.8, 4) is 0 Å². The zero-order valence-electron chi connectivity index (χ0n) is 10.2. The maximum atomic E-state index is 12.1. The van der Waals surface area contributed by atoms with E-state index in [4.69, 9.17) is 0 Å². The van der Waals surface area contributed by atoms with E-state index in [9.17, 15) is 4.79 Å². The molecule has 0 spiro atoms. The largest absolute Gasteiger partial charge is 0.312 e. The topological polar surface area (TPSA) is 59.0 Å². The molecule has 1 aliphatic heterocycles. The van der Waals surface area contributed by atoms with Crippen molar-refractivity contribution in [2.24, 2.45) is 0 Å². The number of nitrogens with one attached hydrogen (secondary N) is 2. The van der Waals surface area contributed by atoms with Crippen molar-refractivity contribution < 1.29 is 4.79 Å². The molecule has 1 amide bonds. The Bertz CT molecular complexity index is 623. The summed E-state index contributed by atoms with van der Waals surface area (Å²) >= 11 is 2.09. The molecule has 1 aromatic carbocycles. The Morgan fingerprint density at radius 2 is 2.32 bits per heavy atom. The molecule has 5 nitrogen and oxygen atoms in total. The number of carbonyl (C=O) groups excluding carboxylic acids is 1. The number of halogens is 1. The molecule has 1 aromatic heterocycles. The van der Waals surface area contributed by atoms with Crippen LogP contribution in [0.25, 0.3) is 0 Å². The third kappa shape index (κ3) is 2.79. The molecular formula is C13H13IN4O. The lowest BCUT2D eigenvalue weighted by Gasteiger charge is -2.17. The van der Waals surface area contributed by atoms with Crippen LogP contribution in [0.3, 0.4) is 0 Å². The Morgan fingerprint density at radius 3 is 3.11 bits per heavy atom. The lowest BCUT2D eigenvalue weighted by molar-refractivity contribution is 0.102. The first kappa shape index (κ1) is 12.6. The van der Waals surface area contributed by atoms with Crippen LogP contribution in [0.1, 0.15) is 21.5 Å². The summed E-state index contributed by atoms with van der Waals surface area (Å²) in [5.74, 6) is 0.454. The molecule has 2 heterocycles. The third-order valence-electron chi connectivity index (χ3n) is 3.15. The third-order valence-corrected chi connectivity index (χ3v) is 3.68. The molecule has 0 unspecified atom stereocenters. The maximum absolute atomic E-state index is 12.1. The van der Waals surface area contributed by atoms with E-state index in [0.29, 0.717) is 11.4 Å². The van der Waals surface area contributed by atoms with E-state index >= 15 is 0 Å². The van der Waals surface area contributed by atoms with Gasteiger partial charge in [-0.2, -0.15) is 0 Å². The number of hydrogen-bond donors (Lipinski definition) is 2. The smallest absolute Gasteiger partial charge is 0.256 e. The van der Waals surface area contributed by atoms with E-state index in [1.165, 1.54) is 11.1 Å². The van der Waals surface area contributed by atoms with Crippen molar-refractivity contribution in [1.29, 1.82) is 0 Å². The number of imidazole rings is 1. The summed E-state index contributed by atoms with van der Waals surface area (Å²) in [5, 5.41) is 6.11. The van der Waals surface area contributed by atoms with Crippen molar-refractivity contribution in [3.63, 3.8) is 0 Å². The van der Waals surface area contributed by atoms with E-state index < -0.39 is 0 Å². The zero-order chi connectivity index (χ0) is 13.2. The van der Waals surface area contributed by atoms with Crippen LogP contribution in [-0.4, -0.2) is 20.2 Å². The molecule has 1 aliphatic rings. The van der Waals surface area contributed by atoms with Gasteiger partial charge in [-0.3, -0.25) is 7.58 Å². The summed E-state index contributed by atoms with van der Waals surface area (Å²) in [6.07, 6.45) is 4.38. The molecule has 0 aliphatic carbocycles. The Hall–Kier alpha value is -1.41. The lowest BCUT2D eigenvalue weighted by Crippen LogP contribution is -2.24. The number of hydrogen-bond acceptors (Lipinski definition) is 3. The number of benzene rings is 1. The van der Waals surface area contributed by atoms with Gasteiger partial charge < -0.3 is 10.6 Å². The molecule has 3 rings (SSSR count). The first-order valence-corrected chi connectivity index (χ1v) is 7.03. The molecule has 0 atom stereocenters. The Balaban J connectivity index is 1.80. The maximum Gasteiger partial charge on any atom is 0.256 e. The van der Waals surface area contributed by atoms with Gasteiger partial charge in [0.15, 0.2) is 5.82 Å². The standard InChI is InChI=1S/C13H13IN4O/c14-18-7-12(16-8-18)17-13(19)10-1-2-11-6-15-4-3-9(11)5-10/h1-2,5,7-8,15H,3-4,6H2,(H,17,19). The first-order chi connectivity index (χ1) is 9.22. The van der Waals surface area contributed by atoms with E-state index in [-0.39, 0.29) is 5.91 Å². The van der Waals surface area contributed by atoms with E-state index in [1.54, 1.807) is 15.3 Å². The van der Waals surface area contributed by atoms with Crippen LogP contribution in [0.2, 0.25) is 0 Å². The second kappa shape index (κ2) is 5.30. The Kier molecular flexibility index (Phi) is 3.52. The Labute approximate surface area is 124 Å². The summed E-state index contributed by atoms with van der Waals surface area (Å²) in [7, 11) is 0. The van der Waals surface area contributed by atoms with Crippen LogP contribution in [-0.2, 0) is 13.0 Å². The van der Waals surface area contributed by atoms with Crippen LogP contribution in [0.4, 0.5) is 5.82 Å². The highest BCUT2D eigenvalue weighted by molar-refractivity contribution is 14.1. The predicted octanol–water partition coefficient (Wildman–Crippen LogP) is 1.98. The van der Waals surface area contributed by atoms with Crippen LogP contribution in [0, 0.1) is 0 Å². The first-order valence-electron chi connectivity index (χ1n) is 6.06. The summed E-state index contributed by atoms with van der Waals surface area (Å²) in [5.41, 5.74) is 3.22. The highest BCUT2D eigenvalue weighted by Gasteiger charge is 2.13. The average Bonchev–Trinajstić information content (AvgIpc) is 2.83. The van der Waals surface area contributed by atoms with Crippen LogP contribution in [0.5, 0.6) is 0 Å². The van der Waals surface area contributed by atoms with Crippen molar-refractivity contribution in [2.45, 2.75) is 13.0 Å². The van der Waals surface area contributed by atoms with Gasteiger partial charge in [-0.25, -0.2) is 4.98 Å².